The van der Waals surface area contributed by atoms with Gasteiger partial charge in [0.05, 0.1) is 28.0 Å². The number of hydrogen-bond acceptors (Lipinski definition) is 5. The molecular weight excluding hydrogens is 445 g/mol. The second kappa shape index (κ2) is 9.42. The molecule has 1 aliphatic rings. The van der Waals surface area contributed by atoms with Gasteiger partial charge in [0.1, 0.15) is 5.82 Å². The largest absolute Gasteiger partial charge is 0.322 e. The third kappa shape index (κ3) is 4.82. The molecule has 8 nitrogen and oxygen atoms in total. The van der Waals surface area contributed by atoms with Crippen molar-refractivity contribution in [2.75, 3.05) is 38.5 Å². The van der Waals surface area contributed by atoms with Gasteiger partial charge in [-0.1, -0.05) is 6.92 Å². The molecule has 0 bridgehead atoms. The van der Waals surface area contributed by atoms with Crippen molar-refractivity contribution in [3.05, 3.63) is 71.8 Å². The van der Waals surface area contributed by atoms with Crippen molar-refractivity contribution in [1.82, 2.24) is 19.0 Å². The third-order valence-corrected chi connectivity index (χ3v) is 7.64. The van der Waals surface area contributed by atoms with Crippen molar-refractivity contribution in [3.8, 4) is 5.69 Å². The lowest BCUT2D eigenvalue weighted by atomic mass is 10.2. The van der Waals surface area contributed by atoms with Crippen LogP contribution in [-0.2, 0) is 16.4 Å². The van der Waals surface area contributed by atoms with E-state index >= 15 is 0 Å². The van der Waals surface area contributed by atoms with Gasteiger partial charge in [0.2, 0.25) is 10.0 Å². The number of amides is 1. The number of piperazine rings is 1. The fourth-order valence-electron chi connectivity index (χ4n) is 3.79. The molecule has 3 aromatic rings. The highest BCUT2D eigenvalue weighted by atomic mass is 32.2. The fourth-order valence-corrected chi connectivity index (χ4v) is 5.22. The van der Waals surface area contributed by atoms with Crippen LogP contribution in [0.3, 0.4) is 0 Å². The van der Waals surface area contributed by atoms with Crippen molar-refractivity contribution < 1.29 is 17.6 Å². The van der Waals surface area contributed by atoms with E-state index in [0.717, 1.165) is 0 Å². The second-order valence-electron chi connectivity index (χ2n) is 7.93. The highest BCUT2D eigenvalue weighted by Gasteiger charge is 2.27. The molecule has 33 heavy (non-hydrogen) atoms. The maximum atomic E-state index is 13.2. The highest BCUT2D eigenvalue weighted by molar-refractivity contribution is 7.89. The summed E-state index contributed by atoms with van der Waals surface area (Å²) < 4.78 is 42.1. The minimum absolute atomic E-state index is 0.198. The number of nitrogens with one attached hydrogen (secondary N) is 1. The zero-order valence-corrected chi connectivity index (χ0v) is 19.3. The third-order valence-electron chi connectivity index (χ3n) is 5.73. The Morgan fingerprint density at radius 2 is 1.67 bits per heavy atom. The summed E-state index contributed by atoms with van der Waals surface area (Å²) in [6, 6.07) is 12.1. The Labute approximate surface area is 192 Å². The van der Waals surface area contributed by atoms with Gasteiger partial charge < -0.3 is 10.2 Å². The van der Waals surface area contributed by atoms with Gasteiger partial charge >= 0.3 is 0 Å². The first kappa shape index (κ1) is 23.1. The lowest BCUT2D eigenvalue weighted by Gasteiger charge is -2.31. The highest BCUT2D eigenvalue weighted by Crippen LogP contribution is 2.21. The van der Waals surface area contributed by atoms with Crippen molar-refractivity contribution >= 4 is 21.6 Å². The standard InChI is InChI=1S/C23H26FN5O3S/c1-3-22-21(16-25-29(22)19-8-4-17(24)5-9-19)23(30)26-18-6-10-20(11-7-18)33(31,32)28-14-12-27(2)13-15-28/h4-11,16H,3,12-15H2,1-2H3,(H,26,30). The van der Waals surface area contributed by atoms with E-state index in [1.165, 1.54) is 34.8 Å². The smallest absolute Gasteiger partial charge is 0.259 e. The van der Waals surface area contributed by atoms with E-state index in [1.807, 2.05) is 14.0 Å². The summed E-state index contributed by atoms with van der Waals surface area (Å²) in [6.45, 7) is 4.20. The van der Waals surface area contributed by atoms with Crippen LogP contribution in [-0.4, -0.2) is 66.5 Å². The topological polar surface area (TPSA) is 87.5 Å². The van der Waals surface area contributed by atoms with Crippen molar-refractivity contribution in [1.29, 1.82) is 0 Å². The van der Waals surface area contributed by atoms with Gasteiger partial charge in [-0.2, -0.15) is 9.40 Å². The zero-order chi connectivity index (χ0) is 23.6. The number of anilines is 1. The molecule has 4 rings (SSSR count). The monoisotopic (exact) mass is 471 g/mol. The second-order valence-corrected chi connectivity index (χ2v) is 9.87. The molecule has 0 unspecified atom stereocenters. The first-order chi connectivity index (χ1) is 15.8. The number of likely N-dealkylation sites (N-methyl/N-ethyl adjacent to an activating group) is 1. The molecule has 0 spiro atoms. The first-order valence-electron chi connectivity index (χ1n) is 10.7. The maximum absolute atomic E-state index is 13.2. The summed E-state index contributed by atoms with van der Waals surface area (Å²) in [6.07, 6.45) is 2.02. The molecule has 1 N–H and O–H groups in total. The predicted molar refractivity (Wildman–Crippen MR) is 124 cm³/mol. The number of sulfonamides is 1. The molecule has 2 aromatic carbocycles. The normalized spacial score (nSPS) is 15.5. The number of rotatable bonds is 6. The van der Waals surface area contributed by atoms with Crippen LogP contribution >= 0.6 is 0 Å². The molecule has 0 saturated carbocycles. The van der Waals surface area contributed by atoms with E-state index in [2.05, 4.69) is 15.3 Å². The molecule has 1 saturated heterocycles. The van der Waals surface area contributed by atoms with Gasteiger partial charge in [0.15, 0.2) is 0 Å². The van der Waals surface area contributed by atoms with Crippen LogP contribution < -0.4 is 5.32 Å². The molecule has 174 valence electrons. The van der Waals surface area contributed by atoms with Gasteiger partial charge in [0.25, 0.3) is 5.91 Å². The summed E-state index contributed by atoms with van der Waals surface area (Å²) in [5, 5.41) is 7.10. The molecule has 1 aliphatic heterocycles. The molecule has 0 atom stereocenters. The number of hydrogen-bond donors (Lipinski definition) is 1. The minimum Gasteiger partial charge on any atom is -0.322 e. The van der Waals surface area contributed by atoms with Gasteiger partial charge in [0, 0.05) is 31.9 Å². The van der Waals surface area contributed by atoms with E-state index in [9.17, 15) is 17.6 Å². The van der Waals surface area contributed by atoms with Crippen LogP contribution in [0.15, 0.2) is 59.6 Å². The van der Waals surface area contributed by atoms with Gasteiger partial charge in [-0.3, -0.25) is 4.79 Å². The zero-order valence-electron chi connectivity index (χ0n) is 18.5. The molecule has 0 radical (unpaired) electrons. The van der Waals surface area contributed by atoms with E-state index in [1.54, 1.807) is 28.9 Å². The molecule has 1 fully saturated rings. The summed E-state index contributed by atoms with van der Waals surface area (Å²) in [7, 11) is -1.60. The first-order valence-corrected chi connectivity index (χ1v) is 12.2. The number of carbonyl (C=O) groups is 1. The predicted octanol–water partition coefficient (Wildman–Crippen LogP) is 2.76. The lowest BCUT2D eigenvalue weighted by molar-refractivity contribution is 0.102. The van der Waals surface area contributed by atoms with Crippen molar-refractivity contribution in [3.63, 3.8) is 0 Å². The molecule has 1 amide bonds. The van der Waals surface area contributed by atoms with Gasteiger partial charge in [-0.15, -0.1) is 0 Å². The van der Waals surface area contributed by atoms with Crippen LogP contribution in [0.2, 0.25) is 0 Å². The van der Waals surface area contributed by atoms with Crippen molar-refractivity contribution in [2.45, 2.75) is 18.2 Å². The fraction of sp³-hybridized carbons (Fsp3) is 0.304. The molecule has 2 heterocycles. The Hall–Kier alpha value is -3.08. The van der Waals surface area contributed by atoms with Crippen LogP contribution in [0.4, 0.5) is 10.1 Å². The lowest BCUT2D eigenvalue weighted by Crippen LogP contribution is -2.46. The summed E-state index contributed by atoms with van der Waals surface area (Å²) in [5.41, 5.74) is 2.23. The molecular formula is C23H26FN5O3S. The summed E-state index contributed by atoms with van der Waals surface area (Å²) >= 11 is 0. The average Bonchev–Trinajstić information content (AvgIpc) is 3.24. The number of halogens is 1. The van der Waals surface area contributed by atoms with E-state index in [0.29, 0.717) is 55.2 Å². The number of aromatic nitrogens is 2. The Kier molecular flexibility index (Phi) is 6.59. The van der Waals surface area contributed by atoms with Crippen LogP contribution in [0.25, 0.3) is 5.69 Å². The molecule has 1 aromatic heterocycles. The molecule has 10 heteroatoms. The minimum atomic E-state index is -3.57. The van der Waals surface area contributed by atoms with Gasteiger partial charge in [-0.05, 0) is 62.0 Å². The van der Waals surface area contributed by atoms with Gasteiger partial charge in [-0.25, -0.2) is 17.5 Å². The Morgan fingerprint density at radius 1 is 1.03 bits per heavy atom. The van der Waals surface area contributed by atoms with Crippen LogP contribution in [0.1, 0.15) is 23.0 Å². The Balaban J connectivity index is 1.50. The number of nitrogens with zero attached hydrogens (tertiary/aromatic N) is 4. The van der Waals surface area contributed by atoms with E-state index < -0.39 is 10.0 Å². The SMILES string of the molecule is CCc1c(C(=O)Nc2ccc(S(=O)(=O)N3CCN(C)CC3)cc2)cnn1-c1ccc(F)cc1. The molecule has 0 aliphatic carbocycles. The van der Waals surface area contributed by atoms with E-state index in [4.69, 9.17) is 0 Å². The Morgan fingerprint density at radius 3 is 2.27 bits per heavy atom. The number of carbonyl (C=O) groups excluding carboxylic acids is 1. The quantitative estimate of drug-likeness (QED) is 0.597. The maximum Gasteiger partial charge on any atom is 0.259 e. The van der Waals surface area contributed by atoms with E-state index in [-0.39, 0.29) is 16.6 Å². The van der Waals surface area contributed by atoms with Crippen molar-refractivity contribution in [2.24, 2.45) is 0 Å². The Bertz CT molecular complexity index is 1230. The van der Waals surface area contributed by atoms with Crippen LogP contribution in [0.5, 0.6) is 0 Å². The van der Waals surface area contributed by atoms with Crippen LogP contribution in [0, 0.1) is 5.82 Å². The summed E-state index contributed by atoms with van der Waals surface area (Å²) in [4.78, 5) is 15.2. The summed E-state index contributed by atoms with van der Waals surface area (Å²) in [5.74, 6) is -0.699. The number of benzene rings is 2. The average molecular weight is 472 g/mol.